The third kappa shape index (κ3) is 8.79. The smallest absolute Gasteiger partial charge is 0.355 e. The van der Waals surface area contributed by atoms with Crippen LogP contribution in [0.3, 0.4) is 0 Å². The Balaban J connectivity index is 0.000000157. The summed E-state index contributed by atoms with van der Waals surface area (Å²) >= 11 is 0. The number of piperazine rings is 2. The highest BCUT2D eigenvalue weighted by molar-refractivity contribution is 5.99. The summed E-state index contributed by atoms with van der Waals surface area (Å²) in [6.45, 7) is 12.4. The van der Waals surface area contributed by atoms with E-state index in [1.807, 2.05) is 23.6 Å². The van der Waals surface area contributed by atoms with Crippen molar-refractivity contribution >= 4 is 45.5 Å². The maximum Gasteiger partial charge on any atom is 0.355 e. The number of aromatic hydroxyl groups is 2. The molecule has 6 aromatic heterocycles. The van der Waals surface area contributed by atoms with Crippen LogP contribution in [0.1, 0.15) is 60.0 Å². The number of anilines is 2. The molecule has 2 atom stereocenters. The van der Waals surface area contributed by atoms with Crippen LogP contribution in [-0.2, 0) is 9.59 Å². The van der Waals surface area contributed by atoms with Crippen molar-refractivity contribution < 1.29 is 46.8 Å². The Morgan fingerprint density at radius 2 is 1.00 bits per heavy atom. The maximum atomic E-state index is 16.4. The largest absolute Gasteiger partial charge is 0.507 e. The van der Waals surface area contributed by atoms with Crippen LogP contribution in [0.25, 0.3) is 56.0 Å². The van der Waals surface area contributed by atoms with Gasteiger partial charge >= 0.3 is 11.4 Å². The number of fused-ring (bicyclic) bond motifs is 4. The van der Waals surface area contributed by atoms with Crippen molar-refractivity contribution in [3.63, 3.8) is 0 Å². The summed E-state index contributed by atoms with van der Waals surface area (Å²) in [6.07, 6.45) is 9.42. The Kier molecular flexibility index (Phi) is 13.1. The summed E-state index contributed by atoms with van der Waals surface area (Å²) in [4.78, 5) is 86.7. The van der Waals surface area contributed by atoms with E-state index in [0.29, 0.717) is 48.9 Å². The van der Waals surface area contributed by atoms with Crippen LogP contribution in [0.2, 0.25) is 0 Å². The average molecular weight is 1150 g/mol. The number of rotatable bonds is 8. The number of hydrogen-bond acceptors (Lipinski definition) is 16. The molecule has 20 nitrogen and oxygen atoms in total. The summed E-state index contributed by atoms with van der Waals surface area (Å²) < 4.78 is 77.8. The van der Waals surface area contributed by atoms with Crippen LogP contribution >= 0.6 is 0 Å². The zero-order valence-corrected chi connectivity index (χ0v) is 45.4. The van der Waals surface area contributed by atoms with Crippen molar-refractivity contribution in [2.75, 3.05) is 62.3 Å². The molecule has 10 heterocycles. The Morgan fingerprint density at radius 3 is 1.37 bits per heavy atom. The summed E-state index contributed by atoms with van der Waals surface area (Å²) in [5, 5.41) is 21.4. The first kappa shape index (κ1) is 53.6. The Bertz CT molecular complexity index is 3970. The molecule has 4 aliphatic heterocycles. The SMILES string of the molecule is C=CC(=O)N1CCN2c3nc(=O)n(-c4c(C)ccnc4C4CC4)c4nc(-c5c(O)cccc5F)c(F)c(c34)OC[C@H]2C1.C=CC(=O)N1CCN2c3nc(=O)n(-c4c(C)ccnc4C4CC4)c4nc(-c5c(O)cccc5F)c(F)c(c34)OC[C@H]2C1. The highest BCUT2D eigenvalue weighted by atomic mass is 19.1. The van der Waals surface area contributed by atoms with Gasteiger partial charge in [-0.05, 0) is 99.2 Å². The number of carbonyl (C=O) groups excluding carboxylic acids is 2. The normalized spacial score (nSPS) is 17.9. The molecule has 24 heteroatoms. The van der Waals surface area contributed by atoms with Crippen molar-refractivity contribution in [1.82, 2.24) is 48.8 Å². The number of phenolic OH excluding ortho intramolecular Hbond substituents is 2. The topological polar surface area (TPSA) is 227 Å². The molecule has 0 unspecified atom stereocenters. The Hall–Kier alpha value is -9.74. The molecule has 2 saturated carbocycles. The number of carbonyl (C=O) groups is 2. The summed E-state index contributed by atoms with van der Waals surface area (Å²) in [6, 6.07) is 9.84. The van der Waals surface area contributed by atoms with E-state index in [2.05, 4.69) is 43.1 Å². The number of halogens is 4. The van der Waals surface area contributed by atoms with Crippen LogP contribution < -0.4 is 30.7 Å². The van der Waals surface area contributed by atoms with Crippen LogP contribution in [0.4, 0.5) is 29.2 Å². The highest BCUT2D eigenvalue weighted by Gasteiger charge is 2.42. The minimum Gasteiger partial charge on any atom is -0.507 e. The van der Waals surface area contributed by atoms with Gasteiger partial charge in [-0.25, -0.2) is 46.3 Å². The van der Waals surface area contributed by atoms with Gasteiger partial charge in [-0.3, -0.25) is 19.6 Å². The zero-order valence-electron chi connectivity index (χ0n) is 45.4. The van der Waals surface area contributed by atoms with Gasteiger partial charge in [0.05, 0.1) is 46.0 Å². The first-order chi connectivity index (χ1) is 40.6. The molecule has 8 aromatic rings. The van der Waals surface area contributed by atoms with E-state index in [4.69, 9.17) is 9.47 Å². The fourth-order valence-corrected chi connectivity index (χ4v) is 11.9. The van der Waals surface area contributed by atoms with Crippen molar-refractivity contribution in [1.29, 1.82) is 0 Å². The van der Waals surface area contributed by atoms with Gasteiger partial charge < -0.3 is 39.3 Å². The second kappa shape index (κ2) is 20.6. The molecule has 2 saturated heterocycles. The van der Waals surface area contributed by atoms with Gasteiger partial charge in [-0.2, -0.15) is 9.97 Å². The molecule has 2 aliphatic carbocycles. The number of aromatic nitrogens is 8. The second-order valence-corrected chi connectivity index (χ2v) is 21.5. The van der Waals surface area contributed by atoms with E-state index in [0.717, 1.165) is 48.9 Å². The average Bonchev–Trinajstić information content (AvgIpc) is 1.87. The second-order valence-electron chi connectivity index (χ2n) is 21.5. The number of hydrogen-bond donors (Lipinski definition) is 2. The number of aryl methyl sites for hydroxylation is 2. The lowest BCUT2D eigenvalue weighted by Gasteiger charge is -2.40. The molecule has 0 spiro atoms. The zero-order chi connectivity index (χ0) is 58.6. The predicted molar refractivity (Wildman–Crippen MR) is 300 cm³/mol. The van der Waals surface area contributed by atoms with Crippen molar-refractivity contribution in [3.8, 4) is 56.9 Å². The molecule has 0 bridgehead atoms. The van der Waals surface area contributed by atoms with Crippen LogP contribution in [-0.4, -0.2) is 135 Å². The number of pyridine rings is 4. The van der Waals surface area contributed by atoms with E-state index in [1.165, 1.54) is 45.6 Å². The fourth-order valence-electron chi connectivity index (χ4n) is 11.9. The fraction of sp³-hybridized carbons (Fsp3) is 0.300. The van der Waals surface area contributed by atoms with Gasteiger partial charge in [0.1, 0.15) is 70.1 Å². The lowest BCUT2D eigenvalue weighted by molar-refractivity contribution is -0.127. The summed E-state index contributed by atoms with van der Waals surface area (Å²) in [5.41, 5.74) is 0.577. The molecule has 0 radical (unpaired) electrons. The van der Waals surface area contributed by atoms with Gasteiger partial charge in [0, 0.05) is 63.5 Å². The Labute approximate surface area is 475 Å². The van der Waals surface area contributed by atoms with Gasteiger partial charge in [0.15, 0.2) is 34.4 Å². The standard InChI is InChI=1S/2C30H26F2N6O4/c2*1-3-20(40)36-11-12-37-17(13-36)14-42-27-22-28(37)35-30(41)38(26-15(2)9-10-33-24(26)16-7-8-16)29(22)34-25(23(27)32)21-18(31)5-4-6-19(21)39/h2*3-6,9-10,16-17,39H,1,7-8,11-14H2,2H3/t2*17-/m11/s1. The predicted octanol–water partition coefficient (Wildman–Crippen LogP) is 7.22. The Morgan fingerprint density at radius 1 is 0.595 bits per heavy atom. The summed E-state index contributed by atoms with van der Waals surface area (Å²) in [7, 11) is 0. The molecule has 84 heavy (non-hydrogen) atoms. The van der Waals surface area contributed by atoms with Gasteiger partial charge in [0.2, 0.25) is 11.8 Å². The number of phenols is 2. The molecule has 2 amide bonds. The lowest BCUT2D eigenvalue weighted by atomic mass is 10.1. The molecule has 2 N–H and O–H groups in total. The van der Waals surface area contributed by atoms with Gasteiger partial charge in [0.25, 0.3) is 0 Å². The maximum absolute atomic E-state index is 16.4. The minimum absolute atomic E-state index is 0.00213. The molecular formula is C60H52F4N12O8. The highest BCUT2D eigenvalue weighted by Crippen LogP contribution is 2.49. The van der Waals surface area contributed by atoms with Crippen molar-refractivity contribution in [2.45, 2.75) is 63.5 Å². The van der Waals surface area contributed by atoms with E-state index in [9.17, 15) is 29.4 Å². The molecule has 2 aromatic carbocycles. The molecule has 6 aliphatic rings. The first-order valence-electron chi connectivity index (χ1n) is 27.4. The lowest BCUT2D eigenvalue weighted by Crippen LogP contribution is -2.56. The van der Waals surface area contributed by atoms with E-state index in [-0.39, 0.29) is 95.2 Å². The van der Waals surface area contributed by atoms with E-state index < -0.39 is 80.7 Å². The van der Waals surface area contributed by atoms with Crippen LogP contribution in [0.5, 0.6) is 23.0 Å². The van der Waals surface area contributed by atoms with E-state index >= 15 is 17.6 Å². The third-order valence-corrected chi connectivity index (χ3v) is 16.3. The molecule has 428 valence electrons. The summed E-state index contributed by atoms with van der Waals surface area (Å²) in [5.74, 6) is -5.24. The van der Waals surface area contributed by atoms with Gasteiger partial charge in [-0.1, -0.05) is 25.3 Å². The first-order valence-corrected chi connectivity index (χ1v) is 27.4. The number of benzene rings is 2. The monoisotopic (exact) mass is 1140 g/mol. The minimum atomic E-state index is -1.000. The quantitative estimate of drug-likeness (QED) is 0.113. The van der Waals surface area contributed by atoms with Crippen molar-refractivity contribution in [2.24, 2.45) is 0 Å². The van der Waals surface area contributed by atoms with E-state index in [1.54, 1.807) is 34.3 Å². The van der Waals surface area contributed by atoms with Gasteiger partial charge in [-0.15, -0.1) is 0 Å². The molecule has 4 fully saturated rings. The van der Waals surface area contributed by atoms with Crippen molar-refractivity contribution in [3.05, 3.63) is 153 Å². The van der Waals surface area contributed by atoms with Crippen LogP contribution in [0, 0.1) is 37.1 Å². The van der Waals surface area contributed by atoms with Crippen LogP contribution in [0.15, 0.2) is 95.8 Å². The number of amides is 2. The molecule has 14 rings (SSSR count). The molecular weight excluding hydrogens is 1090 g/mol. The third-order valence-electron chi connectivity index (χ3n) is 16.3. The number of ether oxygens (including phenoxy) is 2. The number of nitrogens with zero attached hydrogens (tertiary/aromatic N) is 12.